The lowest BCUT2D eigenvalue weighted by molar-refractivity contribution is -0.384. The number of nitro groups is 1. The minimum Gasteiger partial charge on any atom is -0.494 e. The van der Waals surface area contributed by atoms with Crippen molar-refractivity contribution in [2.75, 3.05) is 11.9 Å². The van der Waals surface area contributed by atoms with E-state index in [0.29, 0.717) is 12.4 Å². The molecule has 0 saturated heterocycles. The van der Waals surface area contributed by atoms with Crippen molar-refractivity contribution in [3.05, 3.63) is 40.5 Å². The molecule has 0 heterocycles. The number of nitro benzene ring substituents is 1. The van der Waals surface area contributed by atoms with E-state index in [0.717, 1.165) is 0 Å². The second-order valence-electron chi connectivity index (χ2n) is 3.36. The van der Waals surface area contributed by atoms with Gasteiger partial charge in [-0.1, -0.05) is 6.08 Å². The molecule has 1 rings (SSSR count). The first kappa shape index (κ1) is 13.7. The van der Waals surface area contributed by atoms with E-state index in [9.17, 15) is 14.9 Å². The second kappa shape index (κ2) is 6.39. The van der Waals surface area contributed by atoms with E-state index >= 15 is 0 Å². The van der Waals surface area contributed by atoms with Gasteiger partial charge in [-0.2, -0.15) is 0 Å². The first-order valence-electron chi connectivity index (χ1n) is 5.43. The Hall–Kier alpha value is -2.37. The zero-order chi connectivity index (χ0) is 13.5. The summed E-state index contributed by atoms with van der Waals surface area (Å²) in [4.78, 5) is 21.7. The average molecular weight is 250 g/mol. The molecular weight excluding hydrogens is 236 g/mol. The van der Waals surface area contributed by atoms with Crippen molar-refractivity contribution < 1.29 is 14.5 Å². The fourth-order valence-corrected chi connectivity index (χ4v) is 1.35. The third-order valence-corrected chi connectivity index (χ3v) is 2.05. The maximum atomic E-state index is 11.3. The van der Waals surface area contributed by atoms with Crippen LogP contribution in [0.1, 0.15) is 13.8 Å². The van der Waals surface area contributed by atoms with Gasteiger partial charge in [0.15, 0.2) is 0 Å². The third-order valence-electron chi connectivity index (χ3n) is 2.05. The molecule has 6 nitrogen and oxygen atoms in total. The summed E-state index contributed by atoms with van der Waals surface area (Å²) in [5, 5.41) is 13.3. The molecule has 0 radical (unpaired) electrons. The highest BCUT2D eigenvalue weighted by Gasteiger charge is 2.16. The molecule has 0 saturated carbocycles. The Morgan fingerprint density at radius 3 is 2.83 bits per heavy atom. The van der Waals surface area contributed by atoms with E-state index in [1.165, 1.54) is 18.2 Å². The van der Waals surface area contributed by atoms with Gasteiger partial charge in [0.05, 0.1) is 17.6 Å². The van der Waals surface area contributed by atoms with Crippen molar-refractivity contribution in [1.29, 1.82) is 0 Å². The van der Waals surface area contributed by atoms with Crippen LogP contribution in [0.5, 0.6) is 5.75 Å². The summed E-state index contributed by atoms with van der Waals surface area (Å²) in [5.41, 5.74) is -0.0506. The first-order chi connectivity index (χ1) is 8.58. The number of benzene rings is 1. The summed E-state index contributed by atoms with van der Waals surface area (Å²) >= 11 is 0. The normalized spacial score (nSPS) is 10.3. The van der Waals surface area contributed by atoms with Gasteiger partial charge in [0.1, 0.15) is 11.4 Å². The largest absolute Gasteiger partial charge is 0.494 e. The number of carbonyl (C=O) groups is 1. The van der Waals surface area contributed by atoms with Crippen LogP contribution < -0.4 is 10.1 Å². The topological polar surface area (TPSA) is 81.5 Å². The average Bonchev–Trinajstić information content (AvgIpc) is 2.31. The van der Waals surface area contributed by atoms with E-state index in [1.807, 2.05) is 0 Å². The molecule has 1 N–H and O–H groups in total. The lowest BCUT2D eigenvalue weighted by atomic mass is 10.2. The van der Waals surface area contributed by atoms with Crippen molar-refractivity contribution in [2.24, 2.45) is 0 Å². The molecule has 0 aliphatic carbocycles. The number of rotatable bonds is 5. The number of carbonyl (C=O) groups excluding carboxylic acids is 1. The molecule has 0 aliphatic heterocycles. The van der Waals surface area contributed by atoms with Gasteiger partial charge in [-0.15, -0.1) is 0 Å². The first-order valence-corrected chi connectivity index (χ1v) is 5.43. The monoisotopic (exact) mass is 250 g/mol. The Balaban J connectivity index is 3.03. The number of nitrogens with one attached hydrogen (secondary N) is 1. The van der Waals surface area contributed by atoms with Crippen LogP contribution in [0.2, 0.25) is 0 Å². The fourth-order valence-electron chi connectivity index (χ4n) is 1.35. The van der Waals surface area contributed by atoms with E-state index in [2.05, 4.69) is 5.32 Å². The van der Waals surface area contributed by atoms with E-state index < -0.39 is 10.8 Å². The Morgan fingerprint density at radius 1 is 1.56 bits per heavy atom. The SMILES string of the molecule is CC=CC(=O)Nc1ccc(OCC)cc1[N+](=O)[O-]. The lowest BCUT2D eigenvalue weighted by Gasteiger charge is -2.06. The van der Waals surface area contributed by atoms with Crippen LogP contribution in [-0.4, -0.2) is 17.4 Å². The van der Waals surface area contributed by atoms with Crippen LogP contribution in [0.25, 0.3) is 0 Å². The summed E-state index contributed by atoms with van der Waals surface area (Å²) in [6.07, 6.45) is 2.84. The van der Waals surface area contributed by atoms with Crippen LogP contribution in [-0.2, 0) is 4.79 Å². The van der Waals surface area contributed by atoms with Crippen LogP contribution in [0, 0.1) is 10.1 Å². The Kier molecular flexibility index (Phi) is 4.86. The van der Waals surface area contributed by atoms with E-state index in [4.69, 9.17) is 4.74 Å². The molecule has 1 amide bonds. The second-order valence-corrected chi connectivity index (χ2v) is 3.36. The molecule has 18 heavy (non-hydrogen) atoms. The standard InChI is InChI=1S/C12H14N2O4/c1-3-5-12(15)13-10-7-6-9(18-4-2)8-11(10)14(16)17/h3,5-8H,4H2,1-2H3,(H,13,15). The Bertz CT molecular complexity index is 483. The maximum Gasteiger partial charge on any atom is 0.296 e. The summed E-state index contributed by atoms with van der Waals surface area (Å²) in [6, 6.07) is 4.31. The maximum absolute atomic E-state index is 11.3. The van der Waals surface area contributed by atoms with Crippen LogP contribution >= 0.6 is 0 Å². The van der Waals surface area contributed by atoms with Gasteiger partial charge in [-0.05, 0) is 32.1 Å². The highest BCUT2D eigenvalue weighted by atomic mass is 16.6. The van der Waals surface area contributed by atoms with E-state index in [-0.39, 0.29) is 11.4 Å². The minimum atomic E-state index is -0.562. The van der Waals surface area contributed by atoms with Crippen molar-refractivity contribution in [1.82, 2.24) is 0 Å². The van der Waals surface area contributed by atoms with Crippen LogP contribution in [0.15, 0.2) is 30.4 Å². The van der Waals surface area contributed by atoms with Gasteiger partial charge in [0.2, 0.25) is 5.91 Å². The molecule has 0 aromatic heterocycles. The van der Waals surface area contributed by atoms with Gasteiger partial charge in [-0.3, -0.25) is 14.9 Å². The Morgan fingerprint density at radius 2 is 2.28 bits per heavy atom. The molecule has 1 aromatic rings. The lowest BCUT2D eigenvalue weighted by Crippen LogP contribution is -2.09. The summed E-state index contributed by atoms with van der Waals surface area (Å²) in [7, 11) is 0. The molecule has 0 fully saturated rings. The van der Waals surface area contributed by atoms with Crippen molar-refractivity contribution >= 4 is 17.3 Å². The number of hydrogen-bond donors (Lipinski definition) is 1. The number of nitrogens with zero attached hydrogens (tertiary/aromatic N) is 1. The minimum absolute atomic E-state index is 0.145. The van der Waals surface area contributed by atoms with Crippen LogP contribution in [0.3, 0.4) is 0 Å². The van der Waals surface area contributed by atoms with Gasteiger partial charge < -0.3 is 10.1 Å². The molecule has 1 aromatic carbocycles. The molecule has 0 spiro atoms. The van der Waals surface area contributed by atoms with Crippen LogP contribution in [0.4, 0.5) is 11.4 Å². The predicted octanol–water partition coefficient (Wildman–Crippen LogP) is 2.51. The molecule has 96 valence electrons. The number of ether oxygens (including phenoxy) is 1. The zero-order valence-corrected chi connectivity index (χ0v) is 10.2. The number of allylic oxidation sites excluding steroid dienone is 1. The molecule has 0 atom stereocenters. The quantitative estimate of drug-likeness (QED) is 0.494. The zero-order valence-electron chi connectivity index (χ0n) is 10.2. The van der Waals surface area contributed by atoms with E-state index in [1.54, 1.807) is 26.0 Å². The Labute approximate surface area is 104 Å². The van der Waals surface area contributed by atoms with Crippen molar-refractivity contribution in [3.8, 4) is 5.75 Å². The summed E-state index contributed by atoms with van der Waals surface area (Å²) in [5.74, 6) is -0.0157. The molecule has 0 aliphatic rings. The van der Waals surface area contributed by atoms with Crippen molar-refractivity contribution in [3.63, 3.8) is 0 Å². The van der Waals surface area contributed by atoms with Gasteiger partial charge in [0.25, 0.3) is 5.69 Å². The molecule has 0 bridgehead atoms. The third kappa shape index (κ3) is 3.58. The number of hydrogen-bond acceptors (Lipinski definition) is 4. The molecular formula is C12H14N2O4. The van der Waals surface area contributed by atoms with Gasteiger partial charge in [0, 0.05) is 0 Å². The summed E-state index contributed by atoms with van der Waals surface area (Å²) < 4.78 is 5.17. The highest BCUT2D eigenvalue weighted by Crippen LogP contribution is 2.29. The predicted molar refractivity (Wildman–Crippen MR) is 67.7 cm³/mol. The van der Waals surface area contributed by atoms with Gasteiger partial charge >= 0.3 is 0 Å². The number of amides is 1. The van der Waals surface area contributed by atoms with Crippen molar-refractivity contribution in [2.45, 2.75) is 13.8 Å². The van der Waals surface area contributed by atoms with Gasteiger partial charge in [-0.25, -0.2) is 0 Å². The highest BCUT2D eigenvalue weighted by molar-refractivity contribution is 6.00. The molecule has 0 unspecified atom stereocenters. The fraction of sp³-hybridized carbons (Fsp3) is 0.250. The smallest absolute Gasteiger partial charge is 0.296 e. The number of anilines is 1. The molecule has 6 heteroatoms. The summed E-state index contributed by atoms with van der Waals surface area (Å²) in [6.45, 7) is 3.89.